The molecule has 0 bridgehead atoms. The summed E-state index contributed by atoms with van der Waals surface area (Å²) in [4.78, 5) is 11.4. The smallest absolute Gasteiger partial charge is 0.134 e. The van der Waals surface area contributed by atoms with E-state index in [0.717, 1.165) is 37.1 Å². The minimum absolute atomic E-state index is 0.788. The molecular formula is C17H22N4. The Morgan fingerprint density at radius 3 is 2.48 bits per heavy atom. The molecule has 4 nitrogen and oxygen atoms in total. The Bertz CT molecular complexity index is 601. The number of hydrogen-bond donors (Lipinski definition) is 1. The van der Waals surface area contributed by atoms with Gasteiger partial charge in [0.1, 0.15) is 17.5 Å². The highest BCUT2D eigenvalue weighted by molar-refractivity contribution is 5.50. The lowest BCUT2D eigenvalue weighted by molar-refractivity contribution is 0.907. The minimum Gasteiger partial charge on any atom is -0.366 e. The van der Waals surface area contributed by atoms with Gasteiger partial charge in [0.05, 0.1) is 0 Å². The molecule has 0 radical (unpaired) electrons. The molecule has 110 valence electrons. The van der Waals surface area contributed by atoms with Crippen molar-refractivity contribution in [2.45, 2.75) is 33.2 Å². The van der Waals surface area contributed by atoms with Crippen molar-refractivity contribution in [2.75, 3.05) is 23.3 Å². The predicted octanol–water partition coefficient (Wildman–Crippen LogP) is 3.31. The number of nitrogens with zero attached hydrogens (tertiary/aromatic N) is 3. The quantitative estimate of drug-likeness (QED) is 0.934. The first-order chi connectivity index (χ1) is 10.2. The lowest BCUT2D eigenvalue weighted by Crippen LogP contribution is -2.20. The molecule has 1 aliphatic rings. The van der Waals surface area contributed by atoms with E-state index in [9.17, 15) is 0 Å². The highest BCUT2D eigenvalue weighted by Gasteiger charge is 2.14. The molecule has 0 amide bonds. The molecule has 1 fully saturated rings. The number of aryl methyl sites for hydroxylation is 2. The van der Waals surface area contributed by atoms with Gasteiger partial charge in [0.2, 0.25) is 0 Å². The second-order valence-electron chi connectivity index (χ2n) is 5.69. The summed E-state index contributed by atoms with van der Waals surface area (Å²) in [6.07, 6.45) is 2.52. The zero-order valence-corrected chi connectivity index (χ0v) is 12.8. The second-order valence-corrected chi connectivity index (χ2v) is 5.69. The third-order valence-electron chi connectivity index (χ3n) is 3.85. The summed E-state index contributed by atoms with van der Waals surface area (Å²) in [5, 5.41) is 3.41. The van der Waals surface area contributed by atoms with Crippen LogP contribution in [-0.4, -0.2) is 23.1 Å². The zero-order valence-electron chi connectivity index (χ0n) is 12.8. The Kier molecular flexibility index (Phi) is 4.04. The largest absolute Gasteiger partial charge is 0.366 e. The Balaban J connectivity index is 1.71. The Morgan fingerprint density at radius 2 is 1.76 bits per heavy atom. The van der Waals surface area contributed by atoms with Gasteiger partial charge in [-0.1, -0.05) is 29.8 Å². The summed E-state index contributed by atoms with van der Waals surface area (Å²) in [7, 11) is 0. The van der Waals surface area contributed by atoms with Crippen LogP contribution in [0.25, 0.3) is 0 Å². The van der Waals surface area contributed by atoms with E-state index in [1.54, 1.807) is 0 Å². The van der Waals surface area contributed by atoms with E-state index < -0.39 is 0 Å². The first kappa shape index (κ1) is 13.9. The molecule has 1 aromatic carbocycles. The zero-order chi connectivity index (χ0) is 14.7. The third kappa shape index (κ3) is 3.51. The highest BCUT2D eigenvalue weighted by Crippen LogP contribution is 2.20. The van der Waals surface area contributed by atoms with E-state index in [1.807, 2.05) is 6.92 Å². The van der Waals surface area contributed by atoms with Gasteiger partial charge < -0.3 is 10.2 Å². The molecule has 1 aliphatic heterocycles. The monoisotopic (exact) mass is 282 g/mol. The number of aromatic nitrogens is 2. The third-order valence-corrected chi connectivity index (χ3v) is 3.85. The molecule has 0 spiro atoms. The molecule has 1 saturated heterocycles. The van der Waals surface area contributed by atoms with Gasteiger partial charge in [-0.2, -0.15) is 0 Å². The van der Waals surface area contributed by atoms with Gasteiger partial charge in [-0.25, -0.2) is 9.97 Å². The van der Waals surface area contributed by atoms with Crippen LogP contribution in [0.15, 0.2) is 30.3 Å². The summed E-state index contributed by atoms with van der Waals surface area (Å²) >= 11 is 0. The van der Waals surface area contributed by atoms with Crippen molar-refractivity contribution < 1.29 is 0 Å². The van der Waals surface area contributed by atoms with Crippen molar-refractivity contribution in [3.63, 3.8) is 0 Å². The number of benzene rings is 1. The minimum atomic E-state index is 0.788. The highest BCUT2D eigenvalue weighted by atomic mass is 15.2. The lowest BCUT2D eigenvalue weighted by atomic mass is 10.1. The maximum Gasteiger partial charge on any atom is 0.134 e. The van der Waals surface area contributed by atoms with Crippen LogP contribution in [0.5, 0.6) is 0 Å². The SMILES string of the molecule is Cc1ccc(CNc2cc(N3CCCC3)nc(C)n2)cc1. The van der Waals surface area contributed by atoms with E-state index in [1.165, 1.54) is 24.0 Å². The van der Waals surface area contributed by atoms with Crippen molar-refractivity contribution in [2.24, 2.45) is 0 Å². The average molecular weight is 282 g/mol. The van der Waals surface area contributed by atoms with Crippen LogP contribution in [0.1, 0.15) is 29.8 Å². The van der Waals surface area contributed by atoms with Gasteiger partial charge in [-0.15, -0.1) is 0 Å². The molecule has 1 aromatic heterocycles. The normalized spacial score (nSPS) is 14.5. The van der Waals surface area contributed by atoms with E-state index in [4.69, 9.17) is 0 Å². The van der Waals surface area contributed by atoms with Gasteiger partial charge in [-0.3, -0.25) is 0 Å². The first-order valence-corrected chi connectivity index (χ1v) is 7.61. The van der Waals surface area contributed by atoms with Crippen LogP contribution in [0, 0.1) is 13.8 Å². The molecule has 0 saturated carbocycles. The fourth-order valence-corrected chi connectivity index (χ4v) is 2.65. The van der Waals surface area contributed by atoms with Gasteiger partial charge in [0, 0.05) is 25.7 Å². The molecule has 0 atom stereocenters. The molecule has 3 rings (SSSR count). The lowest BCUT2D eigenvalue weighted by Gasteiger charge is -2.17. The standard InChI is InChI=1S/C17H22N4/c1-13-5-7-15(8-6-13)12-18-16-11-17(20-14(2)19-16)21-9-3-4-10-21/h5-8,11H,3-4,9-10,12H2,1-2H3,(H,18,19,20). The number of rotatable bonds is 4. The summed E-state index contributed by atoms with van der Waals surface area (Å²) in [5.74, 6) is 2.78. The van der Waals surface area contributed by atoms with Crippen LogP contribution in [0.2, 0.25) is 0 Å². The molecule has 4 heteroatoms. The Labute approximate surface area is 126 Å². The van der Waals surface area contributed by atoms with E-state index >= 15 is 0 Å². The van der Waals surface area contributed by atoms with Crippen molar-refractivity contribution in [3.8, 4) is 0 Å². The summed E-state index contributed by atoms with van der Waals surface area (Å²) in [6.45, 7) is 7.06. The Hall–Kier alpha value is -2.10. The van der Waals surface area contributed by atoms with Crippen molar-refractivity contribution in [3.05, 3.63) is 47.3 Å². The number of nitrogens with one attached hydrogen (secondary N) is 1. The molecule has 21 heavy (non-hydrogen) atoms. The fraction of sp³-hybridized carbons (Fsp3) is 0.412. The van der Waals surface area contributed by atoms with Crippen LogP contribution in [-0.2, 0) is 6.54 Å². The predicted molar refractivity (Wildman–Crippen MR) is 86.7 cm³/mol. The molecule has 1 N–H and O–H groups in total. The summed E-state index contributed by atoms with van der Waals surface area (Å²) in [5.41, 5.74) is 2.55. The van der Waals surface area contributed by atoms with E-state index in [2.05, 4.69) is 57.4 Å². The van der Waals surface area contributed by atoms with Crippen molar-refractivity contribution >= 4 is 11.6 Å². The molecule has 2 heterocycles. The number of anilines is 2. The van der Waals surface area contributed by atoms with Gasteiger partial charge in [0.15, 0.2) is 0 Å². The maximum atomic E-state index is 4.56. The van der Waals surface area contributed by atoms with Gasteiger partial charge in [0.25, 0.3) is 0 Å². The van der Waals surface area contributed by atoms with Crippen LogP contribution in [0.3, 0.4) is 0 Å². The van der Waals surface area contributed by atoms with Gasteiger partial charge >= 0.3 is 0 Å². The maximum absolute atomic E-state index is 4.56. The number of hydrogen-bond acceptors (Lipinski definition) is 4. The molecule has 0 unspecified atom stereocenters. The summed E-state index contributed by atoms with van der Waals surface area (Å²) in [6, 6.07) is 10.6. The van der Waals surface area contributed by atoms with Crippen molar-refractivity contribution in [1.82, 2.24) is 9.97 Å². The van der Waals surface area contributed by atoms with Crippen LogP contribution in [0.4, 0.5) is 11.6 Å². The van der Waals surface area contributed by atoms with Crippen LogP contribution >= 0.6 is 0 Å². The second kappa shape index (κ2) is 6.12. The van der Waals surface area contributed by atoms with Crippen LogP contribution < -0.4 is 10.2 Å². The van der Waals surface area contributed by atoms with E-state index in [-0.39, 0.29) is 0 Å². The molecule has 0 aliphatic carbocycles. The molecule has 2 aromatic rings. The summed E-state index contributed by atoms with van der Waals surface area (Å²) < 4.78 is 0. The van der Waals surface area contributed by atoms with Crippen molar-refractivity contribution in [1.29, 1.82) is 0 Å². The fourth-order valence-electron chi connectivity index (χ4n) is 2.65. The van der Waals surface area contributed by atoms with Gasteiger partial charge in [-0.05, 0) is 32.3 Å². The topological polar surface area (TPSA) is 41.0 Å². The van der Waals surface area contributed by atoms with E-state index in [0.29, 0.717) is 0 Å². The molecular weight excluding hydrogens is 260 g/mol. The Morgan fingerprint density at radius 1 is 1.05 bits per heavy atom. The first-order valence-electron chi connectivity index (χ1n) is 7.61. The average Bonchev–Trinajstić information content (AvgIpc) is 3.00.